The van der Waals surface area contributed by atoms with E-state index < -0.39 is 10.0 Å². The first-order chi connectivity index (χ1) is 9.36. The molecule has 0 bridgehead atoms. The van der Waals surface area contributed by atoms with Crippen LogP contribution in [0.1, 0.15) is 13.3 Å². The number of benzene rings is 1. The summed E-state index contributed by atoms with van der Waals surface area (Å²) in [5.41, 5.74) is 0. The van der Waals surface area contributed by atoms with Gasteiger partial charge in [0, 0.05) is 30.1 Å². The van der Waals surface area contributed by atoms with Crippen molar-refractivity contribution in [1.29, 1.82) is 0 Å². The van der Waals surface area contributed by atoms with Gasteiger partial charge in [-0.2, -0.15) is 4.31 Å². The smallest absolute Gasteiger partial charge is 0.243 e. The average Bonchev–Trinajstić information content (AvgIpc) is 2.42. The van der Waals surface area contributed by atoms with Gasteiger partial charge in [-0.3, -0.25) is 0 Å². The maximum absolute atomic E-state index is 12.7. The zero-order valence-corrected chi connectivity index (χ0v) is 14.7. The summed E-state index contributed by atoms with van der Waals surface area (Å²) in [6.45, 7) is 3.90. The fraction of sp³-hybridized carbons (Fsp3) is 0.538. The Morgan fingerprint density at radius 1 is 1.40 bits per heavy atom. The van der Waals surface area contributed by atoms with Gasteiger partial charge >= 0.3 is 0 Å². The van der Waals surface area contributed by atoms with Gasteiger partial charge in [-0.05, 0) is 47.6 Å². The quantitative estimate of drug-likeness (QED) is 0.808. The Kier molecular flexibility index (Phi) is 5.13. The van der Waals surface area contributed by atoms with E-state index in [4.69, 9.17) is 11.6 Å². The van der Waals surface area contributed by atoms with E-state index in [1.165, 1.54) is 0 Å². The minimum atomic E-state index is -3.45. The molecule has 1 fully saturated rings. The van der Waals surface area contributed by atoms with Gasteiger partial charge in [0.1, 0.15) is 0 Å². The minimum absolute atomic E-state index is 0.272. The molecule has 1 unspecified atom stereocenters. The van der Waals surface area contributed by atoms with E-state index >= 15 is 0 Å². The number of sulfonamides is 1. The second-order valence-electron chi connectivity index (χ2n) is 4.98. The van der Waals surface area contributed by atoms with Crippen molar-refractivity contribution in [3.05, 3.63) is 27.7 Å². The highest BCUT2D eigenvalue weighted by Gasteiger charge is 2.32. The Labute approximate surface area is 133 Å². The average molecular weight is 382 g/mol. The number of likely N-dealkylation sites (N-methyl/N-ethyl adjacent to an activating group) is 1. The molecule has 1 aliphatic rings. The van der Waals surface area contributed by atoms with Gasteiger partial charge in [0.25, 0.3) is 0 Å². The standard InChI is InChI=1S/C13H18BrClN2O2S/c1-3-10-9-17(7-6-16(10)2)20(18,19)11-4-5-13(15)12(14)8-11/h4-5,8,10H,3,6-7,9H2,1-2H3. The summed E-state index contributed by atoms with van der Waals surface area (Å²) < 4.78 is 27.5. The molecule has 0 N–H and O–H groups in total. The molecule has 0 aliphatic carbocycles. The van der Waals surface area contributed by atoms with Crippen LogP contribution in [0.25, 0.3) is 0 Å². The van der Waals surface area contributed by atoms with Crippen molar-refractivity contribution < 1.29 is 8.42 Å². The van der Waals surface area contributed by atoms with E-state index in [9.17, 15) is 8.42 Å². The Morgan fingerprint density at radius 3 is 2.70 bits per heavy atom. The summed E-state index contributed by atoms with van der Waals surface area (Å²) in [5.74, 6) is 0. The summed E-state index contributed by atoms with van der Waals surface area (Å²) in [5, 5.41) is 0.508. The summed E-state index contributed by atoms with van der Waals surface area (Å²) >= 11 is 9.19. The highest BCUT2D eigenvalue weighted by molar-refractivity contribution is 9.10. The molecule has 20 heavy (non-hydrogen) atoms. The van der Waals surface area contributed by atoms with Crippen LogP contribution in [0.5, 0.6) is 0 Å². The van der Waals surface area contributed by atoms with Crippen molar-refractivity contribution in [2.24, 2.45) is 0 Å². The highest BCUT2D eigenvalue weighted by Crippen LogP contribution is 2.28. The maximum atomic E-state index is 12.7. The monoisotopic (exact) mass is 380 g/mol. The molecule has 1 heterocycles. The van der Waals surface area contributed by atoms with Crippen LogP contribution in [0.15, 0.2) is 27.6 Å². The van der Waals surface area contributed by atoms with E-state index in [-0.39, 0.29) is 10.9 Å². The molecule has 0 radical (unpaired) electrons. The fourth-order valence-electron chi connectivity index (χ4n) is 2.36. The molecule has 0 aromatic heterocycles. The molecule has 1 aromatic carbocycles. The van der Waals surface area contributed by atoms with Crippen LogP contribution in [-0.4, -0.2) is 50.3 Å². The second-order valence-corrected chi connectivity index (χ2v) is 8.18. The minimum Gasteiger partial charge on any atom is -0.301 e. The number of piperazine rings is 1. The molecule has 1 saturated heterocycles. The second kappa shape index (κ2) is 6.32. The zero-order chi connectivity index (χ0) is 14.9. The van der Waals surface area contributed by atoms with Crippen LogP contribution >= 0.6 is 27.5 Å². The van der Waals surface area contributed by atoms with Crippen molar-refractivity contribution >= 4 is 37.6 Å². The number of hydrogen-bond acceptors (Lipinski definition) is 3. The SMILES string of the molecule is CCC1CN(S(=O)(=O)c2ccc(Cl)c(Br)c2)CCN1C. The summed E-state index contributed by atoms with van der Waals surface area (Å²) in [7, 11) is -1.41. The van der Waals surface area contributed by atoms with E-state index in [1.54, 1.807) is 22.5 Å². The first kappa shape index (κ1) is 16.2. The third-order valence-electron chi connectivity index (χ3n) is 3.74. The predicted octanol–water partition coefficient (Wildman–Crippen LogP) is 2.82. The van der Waals surface area contributed by atoms with Gasteiger partial charge in [-0.15, -0.1) is 0 Å². The Hall–Kier alpha value is -0.140. The Bertz CT molecular complexity index is 594. The number of nitrogens with zero attached hydrogens (tertiary/aromatic N) is 2. The molecular weight excluding hydrogens is 364 g/mol. The normalized spacial score (nSPS) is 22.1. The summed E-state index contributed by atoms with van der Waals surface area (Å²) in [6, 6.07) is 5.00. The van der Waals surface area contributed by atoms with E-state index in [0.29, 0.717) is 22.6 Å². The highest BCUT2D eigenvalue weighted by atomic mass is 79.9. The van der Waals surface area contributed by atoms with Gasteiger partial charge in [0.2, 0.25) is 10.0 Å². The van der Waals surface area contributed by atoms with Crippen LogP contribution in [-0.2, 0) is 10.0 Å². The molecule has 2 rings (SSSR count). The third-order valence-corrected chi connectivity index (χ3v) is 6.82. The van der Waals surface area contributed by atoms with Crippen LogP contribution in [0.4, 0.5) is 0 Å². The topological polar surface area (TPSA) is 40.6 Å². The fourth-order valence-corrected chi connectivity index (χ4v) is 4.51. The lowest BCUT2D eigenvalue weighted by molar-refractivity contribution is 0.144. The Morgan fingerprint density at radius 2 is 2.10 bits per heavy atom. The van der Waals surface area contributed by atoms with E-state index in [1.807, 2.05) is 7.05 Å². The molecule has 4 nitrogen and oxygen atoms in total. The largest absolute Gasteiger partial charge is 0.301 e. The number of halogens is 2. The number of rotatable bonds is 3. The molecule has 1 aromatic rings. The van der Waals surface area contributed by atoms with Crippen molar-refractivity contribution in [3.63, 3.8) is 0 Å². The van der Waals surface area contributed by atoms with Gasteiger partial charge in [-0.1, -0.05) is 18.5 Å². The van der Waals surface area contributed by atoms with Crippen molar-refractivity contribution in [1.82, 2.24) is 9.21 Å². The lowest BCUT2D eigenvalue weighted by Gasteiger charge is -2.38. The first-order valence-corrected chi connectivity index (χ1v) is 9.12. The van der Waals surface area contributed by atoms with Crippen LogP contribution in [0.2, 0.25) is 5.02 Å². The van der Waals surface area contributed by atoms with Gasteiger partial charge in [0.05, 0.1) is 9.92 Å². The van der Waals surface area contributed by atoms with E-state index in [2.05, 4.69) is 27.8 Å². The Balaban J connectivity index is 2.28. The van der Waals surface area contributed by atoms with Crippen LogP contribution < -0.4 is 0 Å². The summed E-state index contributed by atoms with van der Waals surface area (Å²) in [4.78, 5) is 2.50. The van der Waals surface area contributed by atoms with Gasteiger partial charge < -0.3 is 4.90 Å². The van der Waals surface area contributed by atoms with Gasteiger partial charge in [0.15, 0.2) is 0 Å². The predicted molar refractivity (Wildman–Crippen MR) is 84.6 cm³/mol. The molecule has 112 valence electrons. The molecule has 1 atom stereocenters. The van der Waals surface area contributed by atoms with Crippen LogP contribution in [0, 0.1) is 0 Å². The molecule has 0 spiro atoms. The third kappa shape index (κ3) is 3.20. The summed E-state index contributed by atoms with van der Waals surface area (Å²) in [6.07, 6.45) is 0.937. The number of hydrogen-bond donors (Lipinski definition) is 0. The maximum Gasteiger partial charge on any atom is 0.243 e. The van der Waals surface area contributed by atoms with Crippen molar-refractivity contribution in [2.75, 3.05) is 26.7 Å². The molecule has 1 aliphatic heterocycles. The first-order valence-electron chi connectivity index (χ1n) is 6.51. The molecule has 0 saturated carbocycles. The lowest BCUT2D eigenvalue weighted by atomic mass is 10.1. The lowest BCUT2D eigenvalue weighted by Crippen LogP contribution is -2.52. The van der Waals surface area contributed by atoms with Crippen LogP contribution in [0.3, 0.4) is 0 Å². The molecular formula is C13H18BrClN2O2S. The van der Waals surface area contributed by atoms with Crippen molar-refractivity contribution in [2.45, 2.75) is 24.3 Å². The molecule has 0 amide bonds. The molecule has 7 heteroatoms. The zero-order valence-electron chi connectivity index (χ0n) is 11.5. The van der Waals surface area contributed by atoms with Gasteiger partial charge in [-0.25, -0.2) is 8.42 Å². The van der Waals surface area contributed by atoms with Crippen molar-refractivity contribution in [3.8, 4) is 0 Å². The van der Waals surface area contributed by atoms with E-state index in [0.717, 1.165) is 13.0 Å².